The van der Waals surface area contributed by atoms with E-state index >= 15 is 0 Å². The van der Waals surface area contributed by atoms with Gasteiger partial charge in [0.15, 0.2) is 5.17 Å². The Morgan fingerprint density at radius 2 is 1.94 bits per heavy atom. The molecule has 1 saturated heterocycles. The highest BCUT2D eigenvalue weighted by Gasteiger charge is 2.49. The number of carbonyl (C=O) groups excluding carboxylic acids is 2. The molecule has 2 bridgehead atoms. The second-order valence-electron chi connectivity index (χ2n) is 10.00. The molecule has 3 fully saturated rings. The van der Waals surface area contributed by atoms with E-state index in [2.05, 4.69) is 29.4 Å². The molecule has 2 saturated carbocycles. The first kappa shape index (κ1) is 21.0. The molecular formula is C25H33N3O2S. The van der Waals surface area contributed by atoms with E-state index in [9.17, 15) is 9.59 Å². The Hall–Kier alpha value is -1.82. The van der Waals surface area contributed by atoms with E-state index in [-0.39, 0.29) is 17.7 Å². The van der Waals surface area contributed by atoms with Gasteiger partial charge in [-0.25, -0.2) is 0 Å². The largest absolute Gasteiger partial charge is 0.361 e. The topological polar surface area (TPSA) is 61.8 Å². The maximum Gasteiger partial charge on any atom is 0.264 e. The normalized spacial score (nSPS) is 33.1. The van der Waals surface area contributed by atoms with Gasteiger partial charge in [-0.1, -0.05) is 48.5 Å². The van der Waals surface area contributed by atoms with Gasteiger partial charge in [-0.2, -0.15) is 4.99 Å². The second-order valence-corrected chi connectivity index (χ2v) is 11.4. The molecule has 2 aliphatic carbocycles. The fourth-order valence-electron chi connectivity index (χ4n) is 6.10. The minimum Gasteiger partial charge on any atom is -0.361 e. The molecule has 5 rings (SSSR count). The van der Waals surface area contributed by atoms with Crippen molar-refractivity contribution < 1.29 is 9.59 Å². The lowest BCUT2D eigenvalue weighted by Gasteiger charge is -2.38. The fourth-order valence-corrected chi connectivity index (χ4v) is 7.38. The molecule has 2 unspecified atom stereocenters. The van der Waals surface area contributed by atoms with Gasteiger partial charge in [-0.3, -0.25) is 9.59 Å². The number of piperidine rings is 1. The van der Waals surface area contributed by atoms with Crippen molar-refractivity contribution in [3.05, 3.63) is 35.9 Å². The molecule has 1 N–H and O–H groups in total. The highest BCUT2D eigenvalue weighted by Crippen LogP contribution is 2.47. The van der Waals surface area contributed by atoms with Crippen LogP contribution in [0.4, 0.5) is 0 Å². The first-order valence-electron chi connectivity index (χ1n) is 11.9. The number of hydrogen-bond donors (Lipinski definition) is 1. The molecule has 0 aromatic heterocycles. The molecule has 4 aliphatic rings. The summed E-state index contributed by atoms with van der Waals surface area (Å²) in [5.41, 5.74) is 1.21. The zero-order valence-corrected chi connectivity index (χ0v) is 19.2. The molecule has 1 aromatic rings. The summed E-state index contributed by atoms with van der Waals surface area (Å²) in [4.78, 5) is 32.0. The van der Waals surface area contributed by atoms with Gasteiger partial charge in [0, 0.05) is 25.6 Å². The zero-order chi connectivity index (χ0) is 21.4. The highest BCUT2D eigenvalue weighted by atomic mass is 32.2. The SMILES string of the molecule is CC1(C2CCN(C(=O)CCc3ccccc3)CC2)SC(N[C@H]2C[C@@H]3CCC2C3)=NC1=O. The van der Waals surface area contributed by atoms with E-state index in [1.807, 2.05) is 23.1 Å². The van der Waals surface area contributed by atoms with Gasteiger partial charge in [0.25, 0.3) is 5.91 Å². The Morgan fingerprint density at radius 3 is 2.61 bits per heavy atom. The third-order valence-electron chi connectivity index (χ3n) is 8.08. The zero-order valence-electron chi connectivity index (χ0n) is 18.4. The number of likely N-dealkylation sites (tertiary alicyclic amines) is 1. The van der Waals surface area contributed by atoms with Gasteiger partial charge in [0.2, 0.25) is 5.91 Å². The molecule has 6 heteroatoms. The number of hydrogen-bond acceptors (Lipinski definition) is 4. The Balaban J connectivity index is 1.11. The molecule has 2 heterocycles. The van der Waals surface area contributed by atoms with Crippen molar-refractivity contribution in [3.63, 3.8) is 0 Å². The Labute approximate surface area is 189 Å². The summed E-state index contributed by atoms with van der Waals surface area (Å²) in [6.07, 6.45) is 8.38. The van der Waals surface area contributed by atoms with Crippen LogP contribution in [0.2, 0.25) is 0 Å². The minimum atomic E-state index is -0.487. The summed E-state index contributed by atoms with van der Waals surface area (Å²) in [6, 6.07) is 10.7. The summed E-state index contributed by atoms with van der Waals surface area (Å²) in [5, 5.41) is 4.46. The summed E-state index contributed by atoms with van der Waals surface area (Å²) < 4.78 is -0.487. The van der Waals surface area contributed by atoms with Crippen LogP contribution in [0.1, 0.15) is 57.4 Å². The van der Waals surface area contributed by atoms with Crippen molar-refractivity contribution in [2.75, 3.05) is 13.1 Å². The van der Waals surface area contributed by atoms with E-state index in [1.54, 1.807) is 11.8 Å². The number of nitrogens with zero attached hydrogens (tertiary/aromatic N) is 2. The van der Waals surface area contributed by atoms with E-state index in [0.717, 1.165) is 49.4 Å². The number of fused-ring (bicyclic) bond motifs is 2. The molecule has 31 heavy (non-hydrogen) atoms. The first-order valence-corrected chi connectivity index (χ1v) is 12.7. The molecule has 166 valence electrons. The maximum absolute atomic E-state index is 12.9. The van der Waals surface area contributed by atoms with Crippen LogP contribution in [0.25, 0.3) is 0 Å². The quantitative estimate of drug-likeness (QED) is 0.753. The lowest BCUT2D eigenvalue weighted by atomic mass is 9.84. The number of carbonyl (C=O) groups is 2. The van der Waals surface area contributed by atoms with Gasteiger partial charge in [0.1, 0.15) is 4.75 Å². The van der Waals surface area contributed by atoms with Gasteiger partial charge in [0.05, 0.1) is 0 Å². The van der Waals surface area contributed by atoms with E-state index < -0.39 is 4.75 Å². The Kier molecular flexibility index (Phi) is 5.84. The van der Waals surface area contributed by atoms with Crippen LogP contribution >= 0.6 is 11.8 Å². The van der Waals surface area contributed by atoms with Crippen molar-refractivity contribution in [1.29, 1.82) is 0 Å². The molecule has 5 nitrogen and oxygen atoms in total. The molecular weight excluding hydrogens is 406 g/mol. The van der Waals surface area contributed by atoms with Gasteiger partial charge >= 0.3 is 0 Å². The molecule has 0 spiro atoms. The molecule has 2 aliphatic heterocycles. The van der Waals surface area contributed by atoms with Crippen molar-refractivity contribution in [1.82, 2.24) is 10.2 Å². The van der Waals surface area contributed by atoms with Crippen LogP contribution in [0.5, 0.6) is 0 Å². The van der Waals surface area contributed by atoms with Crippen molar-refractivity contribution in [2.45, 2.75) is 69.1 Å². The molecule has 2 amide bonds. The van der Waals surface area contributed by atoms with Gasteiger partial charge < -0.3 is 10.2 Å². The minimum absolute atomic E-state index is 0.0111. The third-order valence-corrected chi connectivity index (χ3v) is 9.41. The average molecular weight is 440 g/mol. The molecule has 1 aromatic carbocycles. The Bertz CT molecular complexity index is 865. The predicted octanol–water partition coefficient (Wildman–Crippen LogP) is 4.02. The highest BCUT2D eigenvalue weighted by molar-refractivity contribution is 8.16. The fraction of sp³-hybridized carbons (Fsp3) is 0.640. The van der Waals surface area contributed by atoms with Crippen LogP contribution in [-0.2, 0) is 16.0 Å². The van der Waals surface area contributed by atoms with Crippen molar-refractivity contribution in [2.24, 2.45) is 22.7 Å². The van der Waals surface area contributed by atoms with Crippen LogP contribution < -0.4 is 5.32 Å². The number of aliphatic imine (C=N–C) groups is 1. The number of nitrogens with one attached hydrogen (secondary N) is 1. The smallest absolute Gasteiger partial charge is 0.264 e. The monoisotopic (exact) mass is 439 g/mol. The summed E-state index contributed by atoms with van der Waals surface area (Å²) in [7, 11) is 0. The number of amides is 2. The van der Waals surface area contributed by atoms with E-state index in [4.69, 9.17) is 0 Å². The number of rotatable bonds is 5. The third kappa shape index (κ3) is 4.28. The van der Waals surface area contributed by atoms with Gasteiger partial charge in [-0.15, -0.1) is 0 Å². The Morgan fingerprint density at radius 1 is 1.16 bits per heavy atom. The molecule has 0 radical (unpaired) electrons. The number of thioether (sulfide) groups is 1. The predicted molar refractivity (Wildman–Crippen MR) is 125 cm³/mol. The average Bonchev–Trinajstić information content (AvgIpc) is 3.48. The lowest BCUT2D eigenvalue weighted by Crippen LogP contribution is -2.46. The van der Waals surface area contributed by atoms with Crippen molar-refractivity contribution in [3.8, 4) is 0 Å². The maximum atomic E-state index is 12.9. The lowest BCUT2D eigenvalue weighted by molar-refractivity contribution is -0.132. The summed E-state index contributed by atoms with van der Waals surface area (Å²) >= 11 is 1.64. The number of amidine groups is 1. The first-order chi connectivity index (χ1) is 15.0. The number of aryl methyl sites for hydroxylation is 1. The van der Waals surface area contributed by atoms with Gasteiger partial charge in [-0.05, 0) is 68.8 Å². The summed E-state index contributed by atoms with van der Waals surface area (Å²) in [5.74, 6) is 2.15. The second kappa shape index (κ2) is 8.61. The van der Waals surface area contributed by atoms with E-state index in [1.165, 1.54) is 31.2 Å². The van der Waals surface area contributed by atoms with Crippen LogP contribution in [0.3, 0.4) is 0 Å². The van der Waals surface area contributed by atoms with Crippen LogP contribution in [-0.4, -0.2) is 45.8 Å². The van der Waals surface area contributed by atoms with Crippen LogP contribution in [0, 0.1) is 17.8 Å². The summed E-state index contributed by atoms with van der Waals surface area (Å²) in [6.45, 7) is 3.56. The van der Waals surface area contributed by atoms with Crippen molar-refractivity contribution >= 4 is 28.7 Å². The number of benzene rings is 1. The standard InChI is InChI=1S/C25H33N3O2S/c1-25(23(30)27-24(31-25)26-21-16-18-7-9-19(21)15-18)20-11-13-28(14-12-20)22(29)10-8-17-5-3-2-4-6-17/h2-6,18-21H,7-16H2,1H3,(H,26,27,30)/t18-,19?,21+,25?/m1/s1. The van der Waals surface area contributed by atoms with Crippen LogP contribution in [0.15, 0.2) is 35.3 Å². The molecule has 4 atom stereocenters. The van der Waals surface area contributed by atoms with E-state index in [0.29, 0.717) is 12.5 Å².